The Morgan fingerprint density at radius 2 is 2.21 bits per heavy atom. The Kier molecular flexibility index (Phi) is 2.63. The topological polar surface area (TPSA) is 35.5 Å². The molecule has 3 heteroatoms. The van der Waals surface area contributed by atoms with Crippen LogP contribution in [0.25, 0.3) is 0 Å². The third-order valence-electron chi connectivity index (χ3n) is 5.07. The monoisotopic (exact) mass is 260 g/mol. The van der Waals surface area contributed by atoms with Crippen LogP contribution in [0.3, 0.4) is 0 Å². The molecule has 3 aliphatic rings. The van der Waals surface area contributed by atoms with E-state index in [2.05, 4.69) is 32.1 Å². The summed E-state index contributed by atoms with van der Waals surface area (Å²) in [7, 11) is 1.69. The molecule has 0 amide bonds. The van der Waals surface area contributed by atoms with Crippen LogP contribution in [-0.4, -0.2) is 19.7 Å². The largest absolute Gasteiger partial charge is 0.497 e. The summed E-state index contributed by atoms with van der Waals surface area (Å²) < 4.78 is 10.6. The lowest BCUT2D eigenvalue weighted by Crippen LogP contribution is -2.50. The van der Waals surface area contributed by atoms with Gasteiger partial charge in [0.1, 0.15) is 12.4 Å². The van der Waals surface area contributed by atoms with Crippen molar-refractivity contribution in [1.29, 1.82) is 0 Å². The molecule has 102 valence electrons. The van der Waals surface area contributed by atoms with E-state index in [-0.39, 0.29) is 16.8 Å². The van der Waals surface area contributed by atoms with Crippen molar-refractivity contribution in [2.75, 3.05) is 13.7 Å². The SMILES string of the molecule is COC1=CC2=C[C@]3(C)COC(=O)C[C@@]3(C)CC2C=C1. The number of carbonyl (C=O) groups is 1. The molecule has 0 saturated carbocycles. The average Bonchev–Trinajstić information content (AvgIpc) is 2.36. The molecule has 1 unspecified atom stereocenters. The van der Waals surface area contributed by atoms with Crippen molar-refractivity contribution in [2.24, 2.45) is 16.7 Å². The number of ether oxygens (including phenoxy) is 2. The van der Waals surface area contributed by atoms with Crippen molar-refractivity contribution < 1.29 is 14.3 Å². The van der Waals surface area contributed by atoms with Gasteiger partial charge in [0.15, 0.2) is 0 Å². The van der Waals surface area contributed by atoms with Crippen LogP contribution in [0.4, 0.5) is 0 Å². The Hall–Kier alpha value is -1.51. The van der Waals surface area contributed by atoms with Crippen molar-refractivity contribution in [1.82, 2.24) is 0 Å². The van der Waals surface area contributed by atoms with Gasteiger partial charge in [-0.2, -0.15) is 0 Å². The number of hydrogen-bond acceptors (Lipinski definition) is 3. The molecule has 1 heterocycles. The number of methoxy groups -OCH3 is 1. The van der Waals surface area contributed by atoms with Crippen LogP contribution in [0.5, 0.6) is 0 Å². The lowest BCUT2D eigenvalue weighted by Gasteiger charge is -2.52. The standard InChI is InChI=1S/C16H20O3/c1-15-7-11-4-5-13(18-3)6-12(11)8-16(15,2)10-19-14(17)9-15/h4-6,8,11H,7,9-10H2,1-3H3/t11?,15-,16-/m1/s1. The molecule has 1 fully saturated rings. The Morgan fingerprint density at radius 1 is 1.42 bits per heavy atom. The maximum absolute atomic E-state index is 11.6. The lowest BCUT2D eigenvalue weighted by molar-refractivity contribution is -0.165. The summed E-state index contributed by atoms with van der Waals surface area (Å²) in [6.45, 7) is 4.89. The van der Waals surface area contributed by atoms with E-state index in [1.54, 1.807) is 7.11 Å². The quantitative estimate of drug-likeness (QED) is 0.680. The molecule has 1 aliphatic heterocycles. The van der Waals surface area contributed by atoms with Crippen molar-refractivity contribution in [3.8, 4) is 0 Å². The van der Waals surface area contributed by atoms with Crippen LogP contribution < -0.4 is 0 Å². The maximum atomic E-state index is 11.6. The first-order chi connectivity index (χ1) is 8.96. The first-order valence-corrected chi connectivity index (χ1v) is 6.78. The predicted octanol–water partition coefficient (Wildman–Crippen LogP) is 2.99. The highest BCUT2D eigenvalue weighted by molar-refractivity contribution is 5.72. The van der Waals surface area contributed by atoms with Gasteiger partial charge in [0, 0.05) is 11.3 Å². The van der Waals surface area contributed by atoms with Gasteiger partial charge in [0.25, 0.3) is 0 Å². The minimum Gasteiger partial charge on any atom is -0.497 e. The maximum Gasteiger partial charge on any atom is 0.306 e. The molecule has 0 radical (unpaired) electrons. The van der Waals surface area contributed by atoms with Crippen molar-refractivity contribution in [3.05, 3.63) is 35.6 Å². The minimum absolute atomic E-state index is 0.0146. The fraction of sp³-hybridized carbons (Fsp3) is 0.562. The minimum atomic E-state index is -0.0761. The average molecular weight is 260 g/mol. The zero-order chi connectivity index (χ0) is 13.7. The van der Waals surface area contributed by atoms with E-state index in [9.17, 15) is 4.79 Å². The summed E-state index contributed by atoms with van der Waals surface area (Å²) in [5, 5.41) is 0. The fourth-order valence-corrected chi connectivity index (χ4v) is 3.45. The number of esters is 1. The summed E-state index contributed by atoms with van der Waals surface area (Å²) in [5.74, 6) is 1.22. The molecular formula is C16H20O3. The molecule has 2 aliphatic carbocycles. The number of hydrogen-bond donors (Lipinski definition) is 0. The predicted molar refractivity (Wildman–Crippen MR) is 72.2 cm³/mol. The van der Waals surface area contributed by atoms with Gasteiger partial charge >= 0.3 is 5.97 Å². The van der Waals surface area contributed by atoms with E-state index >= 15 is 0 Å². The van der Waals surface area contributed by atoms with Gasteiger partial charge in [0.05, 0.1) is 13.5 Å². The molecule has 3 atom stereocenters. The number of allylic oxidation sites excluding steroid dienone is 4. The van der Waals surface area contributed by atoms with Gasteiger partial charge in [-0.1, -0.05) is 26.0 Å². The van der Waals surface area contributed by atoms with E-state index in [0.29, 0.717) is 18.9 Å². The van der Waals surface area contributed by atoms with Gasteiger partial charge in [-0.25, -0.2) is 0 Å². The molecule has 0 N–H and O–H groups in total. The van der Waals surface area contributed by atoms with Gasteiger partial charge in [0.2, 0.25) is 0 Å². The Morgan fingerprint density at radius 3 is 2.95 bits per heavy atom. The van der Waals surface area contributed by atoms with Crippen LogP contribution in [0.15, 0.2) is 35.6 Å². The summed E-state index contributed by atoms with van der Waals surface area (Å²) in [5.41, 5.74) is 1.20. The summed E-state index contributed by atoms with van der Waals surface area (Å²) >= 11 is 0. The first-order valence-electron chi connectivity index (χ1n) is 6.78. The third-order valence-corrected chi connectivity index (χ3v) is 5.07. The molecule has 0 spiro atoms. The molecule has 0 aromatic rings. The molecule has 0 aromatic heterocycles. The second kappa shape index (κ2) is 3.99. The number of rotatable bonds is 1. The zero-order valence-corrected chi connectivity index (χ0v) is 11.7. The Bertz CT molecular complexity index is 514. The van der Waals surface area contributed by atoms with E-state index in [1.807, 2.05) is 6.08 Å². The zero-order valence-electron chi connectivity index (χ0n) is 11.7. The van der Waals surface area contributed by atoms with E-state index < -0.39 is 0 Å². The molecule has 0 aromatic carbocycles. The summed E-state index contributed by atoms with van der Waals surface area (Å²) in [6.07, 6.45) is 10.1. The Balaban J connectivity index is 2.02. The normalized spacial score (nSPS) is 40.6. The molecule has 3 rings (SSSR count). The second-order valence-corrected chi connectivity index (χ2v) is 6.38. The van der Waals surface area contributed by atoms with Crippen LogP contribution in [-0.2, 0) is 14.3 Å². The molecule has 1 saturated heterocycles. The molecule has 0 bridgehead atoms. The van der Waals surface area contributed by atoms with Crippen molar-refractivity contribution >= 4 is 5.97 Å². The van der Waals surface area contributed by atoms with Crippen molar-refractivity contribution in [2.45, 2.75) is 26.7 Å². The number of fused-ring (bicyclic) bond motifs is 2. The number of cyclic esters (lactones) is 1. The van der Waals surface area contributed by atoms with E-state index in [0.717, 1.165) is 12.2 Å². The second-order valence-electron chi connectivity index (χ2n) is 6.38. The third kappa shape index (κ3) is 1.83. The highest BCUT2D eigenvalue weighted by Crippen LogP contribution is 2.56. The van der Waals surface area contributed by atoms with Gasteiger partial charge in [-0.3, -0.25) is 4.79 Å². The molecule has 3 nitrogen and oxygen atoms in total. The highest BCUT2D eigenvalue weighted by atomic mass is 16.5. The van der Waals surface area contributed by atoms with Gasteiger partial charge < -0.3 is 9.47 Å². The van der Waals surface area contributed by atoms with Crippen LogP contribution in [0.1, 0.15) is 26.7 Å². The van der Waals surface area contributed by atoms with Crippen LogP contribution >= 0.6 is 0 Å². The molecular weight excluding hydrogens is 240 g/mol. The van der Waals surface area contributed by atoms with Gasteiger partial charge in [-0.05, 0) is 29.6 Å². The van der Waals surface area contributed by atoms with Gasteiger partial charge in [-0.15, -0.1) is 0 Å². The smallest absolute Gasteiger partial charge is 0.306 e. The fourth-order valence-electron chi connectivity index (χ4n) is 3.45. The lowest BCUT2D eigenvalue weighted by atomic mass is 9.54. The molecule has 19 heavy (non-hydrogen) atoms. The van der Waals surface area contributed by atoms with E-state index in [1.165, 1.54) is 5.57 Å². The highest BCUT2D eigenvalue weighted by Gasteiger charge is 2.52. The number of carbonyl (C=O) groups excluding carboxylic acids is 1. The van der Waals surface area contributed by atoms with E-state index in [4.69, 9.17) is 9.47 Å². The van der Waals surface area contributed by atoms with Crippen LogP contribution in [0.2, 0.25) is 0 Å². The van der Waals surface area contributed by atoms with Crippen molar-refractivity contribution in [3.63, 3.8) is 0 Å². The van der Waals surface area contributed by atoms with Crippen LogP contribution in [0, 0.1) is 16.7 Å². The summed E-state index contributed by atoms with van der Waals surface area (Å²) in [4.78, 5) is 11.6. The Labute approximate surface area is 114 Å². The summed E-state index contributed by atoms with van der Waals surface area (Å²) in [6, 6.07) is 0. The first kappa shape index (κ1) is 12.5.